The Morgan fingerprint density at radius 3 is 2.19 bits per heavy atom. The van der Waals surface area contributed by atoms with Gasteiger partial charge in [0.25, 0.3) is 0 Å². The molecule has 9 nitrogen and oxygen atoms in total. The van der Waals surface area contributed by atoms with E-state index in [1.807, 2.05) is 38.1 Å². The summed E-state index contributed by atoms with van der Waals surface area (Å²) in [6.07, 6.45) is 7.58. The molecule has 1 fully saturated rings. The fourth-order valence-electron chi connectivity index (χ4n) is 4.51. The number of esters is 1. The normalized spacial score (nSPS) is 16.0. The first-order valence-corrected chi connectivity index (χ1v) is 13.3. The van der Waals surface area contributed by atoms with Crippen LogP contribution >= 0.6 is 11.8 Å². The lowest BCUT2D eigenvalue weighted by Crippen LogP contribution is -2.61. The minimum Gasteiger partial charge on any atom is -0.467 e. The molecule has 0 unspecified atom stereocenters. The lowest BCUT2D eigenvalue weighted by Gasteiger charge is -2.32. The number of hydrogen-bond acceptors (Lipinski definition) is 8. The van der Waals surface area contributed by atoms with Crippen LogP contribution in [0.15, 0.2) is 43.0 Å². The predicted molar refractivity (Wildman–Crippen MR) is 141 cm³/mol. The minimum absolute atomic E-state index is 0.0938. The van der Waals surface area contributed by atoms with Gasteiger partial charge in [-0.3, -0.25) is 14.4 Å². The number of benzene rings is 1. The molecule has 10 heteroatoms. The van der Waals surface area contributed by atoms with Crippen LogP contribution < -0.4 is 10.6 Å². The number of thioether (sulfide) groups is 1. The van der Waals surface area contributed by atoms with Gasteiger partial charge in [0.15, 0.2) is 5.12 Å². The third-order valence-electron chi connectivity index (χ3n) is 6.49. The number of carbonyl (C=O) groups is 4. The maximum Gasteiger partial charge on any atom is 0.328 e. The lowest BCUT2D eigenvalue weighted by molar-refractivity contribution is -0.146. The van der Waals surface area contributed by atoms with Crippen molar-refractivity contribution < 1.29 is 23.9 Å². The average molecular weight is 527 g/mol. The van der Waals surface area contributed by atoms with Gasteiger partial charge >= 0.3 is 5.97 Å². The average Bonchev–Trinajstić information content (AvgIpc) is 3.36. The second-order valence-corrected chi connectivity index (χ2v) is 10.9. The third-order valence-corrected chi connectivity index (χ3v) is 7.83. The maximum atomic E-state index is 13.6. The number of hydrogen-bond donors (Lipinski definition) is 2. The maximum absolute atomic E-state index is 13.6. The van der Waals surface area contributed by atoms with Gasteiger partial charge in [0.1, 0.15) is 17.9 Å². The molecule has 0 saturated heterocycles. The van der Waals surface area contributed by atoms with E-state index in [9.17, 15) is 19.2 Å². The van der Waals surface area contributed by atoms with Crippen molar-refractivity contribution in [1.29, 1.82) is 0 Å². The van der Waals surface area contributed by atoms with Gasteiger partial charge in [0.05, 0.1) is 12.4 Å². The number of nitrogens with one attached hydrogen (secondary N) is 2. The number of rotatable bonds is 10. The van der Waals surface area contributed by atoms with Crippen LogP contribution in [0.1, 0.15) is 52.0 Å². The fraction of sp³-hybridized carbons (Fsp3) is 0.481. The molecular weight excluding hydrogens is 492 g/mol. The Labute approximate surface area is 221 Å². The summed E-state index contributed by atoms with van der Waals surface area (Å²) >= 11 is 0.969. The Morgan fingerprint density at radius 1 is 1.03 bits per heavy atom. The Bertz CT molecular complexity index is 1100. The molecule has 2 aromatic rings. The third kappa shape index (κ3) is 7.38. The Balaban J connectivity index is 1.75. The summed E-state index contributed by atoms with van der Waals surface area (Å²) in [5, 5.41) is 5.02. The first-order valence-electron chi connectivity index (χ1n) is 12.4. The van der Waals surface area contributed by atoms with E-state index in [0.29, 0.717) is 12.8 Å². The molecule has 2 amide bonds. The topological polar surface area (TPSA) is 127 Å². The van der Waals surface area contributed by atoms with Crippen LogP contribution in [-0.2, 0) is 30.3 Å². The summed E-state index contributed by atoms with van der Waals surface area (Å²) in [6.45, 7) is 5.16. The summed E-state index contributed by atoms with van der Waals surface area (Å²) in [5.74, 6) is -1.42. The molecule has 198 valence electrons. The number of ether oxygens (including phenoxy) is 1. The van der Waals surface area contributed by atoms with E-state index in [1.54, 1.807) is 12.4 Å². The van der Waals surface area contributed by atoms with E-state index in [1.165, 1.54) is 20.4 Å². The summed E-state index contributed by atoms with van der Waals surface area (Å²) in [6, 6.07) is 6.64. The molecule has 3 rings (SSSR count). The Hall–Kier alpha value is -3.27. The van der Waals surface area contributed by atoms with Crippen LogP contribution in [0.25, 0.3) is 11.1 Å². The molecular formula is C27H34N4O5S. The highest BCUT2D eigenvalue weighted by Crippen LogP contribution is 2.32. The summed E-state index contributed by atoms with van der Waals surface area (Å²) < 4.78 is 4.97. The van der Waals surface area contributed by atoms with Crippen LogP contribution in [0.4, 0.5) is 0 Å². The summed E-state index contributed by atoms with van der Waals surface area (Å²) in [7, 11) is 1.28. The van der Waals surface area contributed by atoms with E-state index in [0.717, 1.165) is 41.3 Å². The molecule has 0 spiro atoms. The highest BCUT2D eigenvalue weighted by molar-refractivity contribution is 8.14. The zero-order chi connectivity index (χ0) is 27.0. The Kier molecular flexibility index (Phi) is 9.79. The highest BCUT2D eigenvalue weighted by atomic mass is 32.2. The number of amides is 2. The predicted octanol–water partition coefficient (Wildman–Crippen LogP) is 3.08. The number of aromatic nitrogens is 2. The van der Waals surface area contributed by atoms with Crippen molar-refractivity contribution in [1.82, 2.24) is 20.6 Å². The van der Waals surface area contributed by atoms with Crippen LogP contribution in [0.5, 0.6) is 0 Å². The van der Waals surface area contributed by atoms with E-state index >= 15 is 0 Å². The van der Waals surface area contributed by atoms with Gasteiger partial charge in [-0.2, -0.15) is 0 Å². The van der Waals surface area contributed by atoms with Gasteiger partial charge in [-0.05, 0) is 29.9 Å². The highest BCUT2D eigenvalue weighted by Gasteiger charge is 2.45. The standard InChI is InChI=1S/C27H34N4O5S/c1-17(2)23(37-18(3)32)24(33)31-27(11-5-6-12-27)26(35)30-22(25(34)36-4)13-19-7-9-20(10-8-19)21-14-28-16-29-15-21/h7-10,14-17,22-23H,5-6,11-13H2,1-4H3,(H,30,35)(H,31,33)/t22-,23+/m1/s1. The van der Waals surface area contributed by atoms with Gasteiger partial charge in [-0.25, -0.2) is 14.8 Å². The largest absolute Gasteiger partial charge is 0.467 e. The minimum atomic E-state index is -1.13. The van der Waals surface area contributed by atoms with Gasteiger partial charge < -0.3 is 15.4 Å². The van der Waals surface area contributed by atoms with Crippen molar-refractivity contribution in [2.75, 3.05) is 7.11 Å². The van der Waals surface area contributed by atoms with Crippen molar-refractivity contribution in [3.63, 3.8) is 0 Å². The summed E-state index contributed by atoms with van der Waals surface area (Å²) in [4.78, 5) is 59.1. The van der Waals surface area contributed by atoms with Crippen molar-refractivity contribution in [3.05, 3.63) is 48.5 Å². The first-order chi connectivity index (χ1) is 17.6. The number of carbonyl (C=O) groups excluding carboxylic acids is 4. The van der Waals surface area contributed by atoms with Gasteiger partial charge in [0.2, 0.25) is 11.8 Å². The Morgan fingerprint density at radius 2 is 1.65 bits per heavy atom. The number of methoxy groups -OCH3 is 1. The molecule has 37 heavy (non-hydrogen) atoms. The van der Waals surface area contributed by atoms with Crippen molar-refractivity contribution in [2.24, 2.45) is 5.92 Å². The first kappa shape index (κ1) is 28.3. The molecule has 1 aromatic carbocycles. The van der Waals surface area contributed by atoms with Crippen LogP contribution in [-0.4, -0.2) is 56.8 Å². The molecule has 1 aliphatic carbocycles. The zero-order valence-electron chi connectivity index (χ0n) is 21.7. The second kappa shape index (κ2) is 12.8. The molecule has 1 saturated carbocycles. The smallest absolute Gasteiger partial charge is 0.328 e. The molecule has 1 aromatic heterocycles. The van der Waals surface area contributed by atoms with Crippen LogP contribution in [0, 0.1) is 5.92 Å². The summed E-state index contributed by atoms with van der Waals surface area (Å²) in [5.41, 5.74) is 1.50. The number of nitrogens with zero attached hydrogens (tertiary/aromatic N) is 2. The van der Waals surface area contributed by atoms with Crippen molar-refractivity contribution in [3.8, 4) is 11.1 Å². The molecule has 0 radical (unpaired) electrons. The van der Waals surface area contributed by atoms with E-state index in [-0.39, 0.29) is 23.4 Å². The van der Waals surface area contributed by atoms with Crippen molar-refractivity contribution in [2.45, 2.75) is 69.7 Å². The fourth-order valence-corrected chi connectivity index (χ4v) is 5.31. The molecule has 1 heterocycles. The van der Waals surface area contributed by atoms with Crippen LogP contribution in [0.3, 0.4) is 0 Å². The van der Waals surface area contributed by atoms with Gasteiger partial charge in [-0.1, -0.05) is 62.7 Å². The second-order valence-electron chi connectivity index (χ2n) is 9.63. The SMILES string of the molecule is COC(=O)[C@@H](Cc1ccc(-c2cncnc2)cc1)NC(=O)C1(NC(=O)[C@@H](SC(C)=O)C(C)C)CCCC1. The van der Waals surface area contributed by atoms with E-state index in [2.05, 4.69) is 20.6 Å². The molecule has 2 N–H and O–H groups in total. The molecule has 2 atom stereocenters. The van der Waals surface area contributed by atoms with E-state index < -0.39 is 28.7 Å². The van der Waals surface area contributed by atoms with Gasteiger partial charge in [0, 0.05) is 31.3 Å². The zero-order valence-corrected chi connectivity index (χ0v) is 22.5. The van der Waals surface area contributed by atoms with Crippen molar-refractivity contribution >= 4 is 34.7 Å². The molecule has 1 aliphatic rings. The van der Waals surface area contributed by atoms with Crippen LogP contribution in [0.2, 0.25) is 0 Å². The quantitative estimate of drug-likeness (QED) is 0.452. The van der Waals surface area contributed by atoms with E-state index in [4.69, 9.17) is 4.74 Å². The van der Waals surface area contributed by atoms with Gasteiger partial charge in [-0.15, -0.1) is 0 Å². The lowest BCUT2D eigenvalue weighted by atomic mass is 9.94. The monoisotopic (exact) mass is 526 g/mol. The molecule has 0 aliphatic heterocycles. The molecule has 0 bridgehead atoms.